The van der Waals surface area contributed by atoms with E-state index in [0.717, 1.165) is 11.3 Å². The molecule has 1 heterocycles. The van der Waals surface area contributed by atoms with E-state index >= 15 is 0 Å². The molecule has 0 aliphatic carbocycles. The second-order valence-corrected chi connectivity index (χ2v) is 3.75. The number of thiazole rings is 1. The number of ether oxygens (including phenoxy) is 1. The minimum atomic E-state index is -2.17. The maximum absolute atomic E-state index is 11.6. The number of esters is 1. The van der Waals surface area contributed by atoms with Crippen molar-refractivity contribution < 1.29 is 14.6 Å². The number of hydrogen-bond acceptors (Lipinski definition) is 6. The highest BCUT2D eigenvalue weighted by Crippen LogP contribution is 2.31. The first-order chi connectivity index (χ1) is 7.57. The Hall–Kier alpha value is -1.71. The van der Waals surface area contributed by atoms with Crippen LogP contribution in [0.25, 0.3) is 0 Å². The smallest absolute Gasteiger partial charge is 0.351 e. The van der Waals surface area contributed by atoms with Crippen molar-refractivity contribution in [2.24, 2.45) is 0 Å². The van der Waals surface area contributed by atoms with Crippen molar-refractivity contribution >= 4 is 17.3 Å². The third-order valence-electron chi connectivity index (χ3n) is 1.88. The van der Waals surface area contributed by atoms with Crippen LogP contribution in [0.4, 0.5) is 0 Å². The molecule has 0 radical (unpaired) electrons. The number of carbonyl (C=O) groups is 1. The first kappa shape index (κ1) is 12.4. The minimum absolute atomic E-state index is 0.0810. The van der Waals surface area contributed by atoms with Gasteiger partial charge in [0.05, 0.1) is 18.2 Å². The Balaban J connectivity index is 3.19. The number of nitrogens with zero attached hydrogens (tertiary/aromatic N) is 2. The van der Waals surface area contributed by atoms with E-state index in [-0.39, 0.29) is 17.2 Å². The molecule has 1 atom stereocenters. The summed E-state index contributed by atoms with van der Waals surface area (Å²) in [5, 5.41) is 20.6. The zero-order chi connectivity index (χ0) is 12.2. The minimum Gasteiger partial charge on any atom is -0.463 e. The average molecular weight is 238 g/mol. The highest BCUT2D eigenvalue weighted by Gasteiger charge is 2.45. The molecule has 5 nitrogen and oxygen atoms in total. The van der Waals surface area contributed by atoms with Crippen molar-refractivity contribution in [2.75, 3.05) is 6.61 Å². The van der Waals surface area contributed by atoms with Crippen molar-refractivity contribution in [1.29, 1.82) is 5.26 Å². The van der Waals surface area contributed by atoms with Gasteiger partial charge in [0, 0.05) is 11.6 Å². The molecule has 0 saturated heterocycles. The van der Waals surface area contributed by atoms with Crippen LogP contribution < -0.4 is 0 Å². The van der Waals surface area contributed by atoms with Crippen molar-refractivity contribution in [3.63, 3.8) is 0 Å². The van der Waals surface area contributed by atoms with Crippen molar-refractivity contribution in [1.82, 2.24) is 4.98 Å². The molecule has 0 spiro atoms. The molecule has 84 valence electrons. The van der Waals surface area contributed by atoms with E-state index in [9.17, 15) is 9.90 Å². The van der Waals surface area contributed by atoms with Crippen LogP contribution in [-0.2, 0) is 15.1 Å². The van der Waals surface area contributed by atoms with Crippen LogP contribution in [0.3, 0.4) is 0 Å². The highest BCUT2D eigenvalue weighted by molar-refractivity contribution is 7.09. The Labute approximate surface area is 96.6 Å². The molecule has 1 aromatic heterocycles. The molecule has 6 heteroatoms. The quantitative estimate of drug-likeness (QED) is 0.624. The summed E-state index contributed by atoms with van der Waals surface area (Å²) in [5.74, 6) is -0.934. The molecule has 1 aromatic rings. The lowest BCUT2D eigenvalue weighted by atomic mass is 9.97. The Morgan fingerprint density at radius 2 is 2.56 bits per heavy atom. The molecule has 1 unspecified atom stereocenters. The van der Waals surface area contributed by atoms with Crippen LogP contribution >= 0.6 is 11.3 Å². The van der Waals surface area contributed by atoms with Gasteiger partial charge in [0.25, 0.3) is 0 Å². The fourth-order valence-electron chi connectivity index (χ4n) is 1.06. The lowest BCUT2D eigenvalue weighted by Crippen LogP contribution is -2.38. The molecule has 0 aliphatic rings. The first-order valence-electron chi connectivity index (χ1n) is 4.46. The van der Waals surface area contributed by atoms with Crippen LogP contribution in [0.15, 0.2) is 23.7 Å². The van der Waals surface area contributed by atoms with Gasteiger partial charge in [-0.05, 0) is 6.92 Å². The van der Waals surface area contributed by atoms with Gasteiger partial charge in [-0.25, -0.2) is 9.78 Å². The van der Waals surface area contributed by atoms with E-state index in [1.807, 2.05) is 0 Å². The summed E-state index contributed by atoms with van der Waals surface area (Å²) in [6.07, 6.45) is 1.43. The average Bonchev–Trinajstić information content (AvgIpc) is 2.80. The third-order valence-corrected chi connectivity index (χ3v) is 2.77. The summed E-state index contributed by atoms with van der Waals surface area (Å²) < 4.78 is 4.72. The lowest BCUT2D eigenvalue weighted by molar-refractivity contribution is -0.161. The predicted molar refractivity (Wildman–Crippen MR) is 57.4 cm³/mol. The molecule has 0 aromatic carbocycles. The third kappa shape index (κ3) is 1.96. The monoisotopic (exact) mass is 238 g/mol. The summed E-state index contributed by atoms with van der Waals surface area (Å²) in [6.45, 7) is 5.07. The van der Waals surface area contributed by atoms with Gasteiger partial charge < -0.3 is 9.84 Å². The number of aliphatic hydroxyl groups is 1. The fourth-order valence-corrected chi connectivity index (χ4v) is 1.81. The maximum atomic E-state index is 11.6. The van der Waals surface area contributed by atoms with Crippen molar-refractivity contribution in [3.8, 4) is 6.07 Å². The van der Waals surface area contributed by atoms with E-state index in [4.69, 9.17) is 10.00 Å². The topological polar surface area (TPSA) is 83.2 Å². The van der Waals surface area contributed by atoms with Crippen LogP contribution in [0, 0.1) is 11.3 Å². The summed E-state index contributed by atoms with van der Waals surface area (Å²) >= 11 is 1.05. The van der Waals surface area contributed by atoms with Gasteiger partial charge in [-0.3, -0.25) is 0 Å². The van der Waals surface area contributed by atoms with Gasteiger partial charge in [0.1, 0.15) is 5.01 Å². The molecular weight excluding hydrogens is 228 g/mol. The predicted octanol–water partition coefficient (Wildman–Crippen LogP) is 0.974. The van der Waals surface area contributed by atoms with E-state index in [1.54, 1.807) is 18.4 Å². The summed E-state index contributed by atoms with van der Waals surface area (Å²) in [7, 11) is 0. The van der Waals surface area contributed by atoms with Crippen LogP contribution in [0.2, 0.25) is 0 Å². The van der Waals surface area contributed by atoms with Gasteiger partial charge in [-0.15, -0.1) is 11.3 Å². The van der Waals surface area contributed by atoms with Crippen molar-refractivity contribution in [2.45, 2.75) is 12.5 Å². The highest BCUT2D eigenvalue weighted by atomic mass is 32.1. The molecular formula is C10H10N2O3S. The fraction of sp³-hybridized carbons (Fsp3) is 0.300. The molecule has 0 bridgehead atoms. The zero-order valence-corrected chi connectivity index (χ0v) is 9.45. The number of carbonyl (C=O) groups excluding carboxylic acids is 1. The number of rotatable bonds is 4. The SMILES string of the molecule is C=C(C#N)C(O)(C(=O)OCC)c1nccs1. The number of aromatic nitrogens is 1. The van der Waals surface area contributed by atoms with E-state index in [1.165, 1.54) is 6.20 Å². The van der Waals surface area contributed by atoms with Gasteiger partial charge in [0.2, 0.25) is 5.60 Å². The summed E-state index contributed by atoms with van der Waals surface area (Å²) in [5.41, 5.74) is -2.47. The Kier molecular flexibility index (Phi) is 3.77. The summed E-state index contributed by atoms with van der Waals surface area (Å²) in [6, 6.07) is 1.65. The van der Waals surface area contributed by atoms with Crippen LogP contribution in [0.5, 0.6) is 0 Å². The number of nitriles is 1. The van der Waals surface area contributed by atoms with Gasteiger partial charge in [0.15, 0.2) is 0 Å². The van der Waals surface area contributed by atoms with Crippen LogP contribution in [0.1, 0.15) is 11.9 Å². The van der Waals surface area contributed by atoms with E-state index in [0.29, 0.717) is 0 Å². The molecule has 1 N–H and O–H groups in total. The second kappa shape index (κ2) is 4.88. The zero-order valence-electron chi connectivity index (χ0n) is 8.64. The van der Waals surface area contributed by atoms with E-state index in [2.05, 4.69) is 11.6 Å². The maximum Gasteiger partial charge on any atom is 0.351 e. The van der Waals surface area contributed by atoms with E-state index < -0.39 is 11.6 Å². The Bertz CT molecular complexity index is 435. The molecule has 0 fully saturated rings. The summed E-state index contributed by atoms with van der Waals surface area (Å²) in [4.78, 5) is 15.5. The molecule has 0 amide bonds. The van der Waals surface area contributed by atoms with Crippen molar-refractivity contribution in [3.05, 3.63) is 28.7 Å². The Morgan fingerprint density at radius 1 is 1.88 bits per heavy atom. The van der Waals surface area contributed by atoms with Gasteiger partial charge in [-0.1, -0.05) is 6.58 Å². The second-order valence-electron chi connectivity index (χ2n) is 2.86. The van der Waals surface area contributed by atoms with Gasteiger partial charge >= 0.3 is 5.97 Å². The largest absolute Gasteiger partial charge is 0.463 e. The number of hydrogen-bond donors (Lipinski definition) is 1. The molecule has 0 saturated carbocycles. The van der Waals surface area contributed by atoms with Crippen LogP contribution in [-0.4, -0.2) is 22.7 Å². The molecule has 0 aliphatic heterocycles. The Morgan fingerprint density at radius 3 is 3.00 bits per heavy atom. The molecule has 1 rings (SSSR count). The normalized spacial score (nSPS) is 13.6. The first-order valence-corrected chi connectivity index (χ1v) is 5.34. The standard InChI is InChI=1S/C10H10N2O3S/c1-3-15-9(13)10(14,7(2)6-11)8-12-4-5-16-8/h4-5,14H,2-3H2,1H3. The lowest BCUT2D eigenvalue weighted by Gasteiger charge is -2.21. The molecule has 16 heavy (non-hydrogen) atoms. The van der Waals surface area contributed by atoms with Gasteiger partial charge in [-0.2, -0.15) is 5.26 Å².